The predicted molar refractivity (Wildman–Crippen MR) is 347 cm³/mol. The monoisotopic (exact) mass is 1240 g/mol. The van der Waals surface area contributed by atoms with Crippen molar-refractivity contribution in [2.24, 2.45) is 40.0 Å². The van der Waals surface area contributed by atoms with E-state index in [0.29, 0.717) is 92.0 Å². The van der Waals surface area contributed by atoms with E-state index < -0.39 is 11.1 Å². The van der Waals surface area contributed by atoms with E-state index in [1.54, 1.807) is 0 Å². The average Bonchev–Trinajstić information content (AvgIpc) is 1.60. The number of hydrogen-bond donors (Lipinski definition) is 9. The van der Waals surface area contributed by atoms with Gasteiger partial charge in [0.25, 0.3) is 0 Å². The number of carbonyl (C=O) groups excluding carboxylic acids is 1. The fourth-order valence-corrected chi connectivity index (χ4v) is 11.7. The first-order valence-electron chi connectivity index (χ1n) is 30.8. The molecule has 7 aliphatic rings. The van der Waals surface area contributed by atoms with Crippen molar-refractivity contribution in [1.29, 1.82) is 8.30 Å². The third kappa shape index (κ3) is 18.0. The maximum Gasteiger partial charge on any atom is 0.311 e. The highest BCUT2D eigenvalue weighted by Crippen LogP contribution is 2.55. The van der Waals surface area contributed by atoms with Crippen molar-refractivity contribution < 1.29 is 48.9 Å². The Labute approximate surface area is 514 Å². The number of rotatable bonds is 17. The molecule has 4 aliphatic heterocycles. The van der Waals surface area contributed by atoms with E-state index in [0.717, 1.165) is 117 Å². The molecule has 81 heavy (non-hydrogen) atoms. The highest BCUT2D eigenvalue weighted by Gasteiger charge is 2.62. The second-order valence-corrected chi connectivity index (χ2v) is 25.5. The summed E-state index contributed by atoms with van der Waals surface area (Å²) in [4.78, 5) is 43.6. The molecule has 1 saturated heterocycles. The second kappa shape index (κ2) is 33.4. The van der Waals surface area contributed by atoms with Gasteiger partial charge >= 0.3 is 5.97 Å². The summed E-state index contributed by atoms with van der Waals surface area (Å²) in [5.74, 6) is 5.31. The summed E-state index contributed by atoms with van der Waals surface area (Å²) in [6, 6.07) is 0. The van der Waals surface area contributed by atoms with Gasteiger partial charge in [0.05, 0.1) is 47.1 Å². The first-order valence-corrected chi connectivity index (χ1v) is 31.4. The maximum atomic E-state index is 12.1. The number of hydrogen-bond acceptors (Lipinski definition) is 22. The number of carbonyl (C=O) groups is 1. The number of ether oxygens (including phenoxy) is 5. The molecule has 0 bridgehead atoms. The molecular weight excluding hydrogens is 1140 g/mol. The van der Waals surface area contributed by atoms with Crippen molar-refractivity contribution in [3.05, 3.63) is 45.8 Å². The van der Waals surface area contributed by atoms with Crippen molar-refractivity contribution in [2.75, 3.05) is 50.3 Å². The zero-order valence-corrected chi connectivity index (χ0v) is 54.6. The van der Waals surface area contributed by atoms with Crippen LogP contribution in [0.25, 0.3) is 0 Å². The molecule has 10 rings (SSSR count). The molecule has 2 saturated carbocycles. The number of aromatic nitrogens is 6. The van der Waals surface area contributed by atoms with Crippen LogP contribution in [-0.4, -0.2) is 153 Å². The summed E-state index contributed by atoms with van der Waals surface area (Å²) in [7, 11) is 6.56. The Morgan fingerprint density at radius 2 is 1.30 bits per heavy atom. The fourth-order valence-electron chi connectivity index (χ4n) is 11.7. The van der Waals surface area contributed by atoms with Gasteiger partial charge < -0.3 is 54.8 Å². The quantitative estimate of drug-likeness (QED) is 0.0217. The van der Waals surface area contributed by atoms with Crippen LogP contribution in [0.5, 0.6) is 17.6 Å². The van der Waals surface area contributed by atoms with E-state index in [-0.39, 0.29) is 61.4 Å². The third-order valence-electron chi connectivity index (χ3n) is 15.1. The number of thiol groups is 3. The first kappa shape index (κ1) is 60.2. The van der Waals surface area contributed by atoms with Crippen LogP contribution in [0, 0.1) is 76.5 Å². The van der Waals surface area contributed by atoms with Crippen molar-refractivity contribution in [3.8, 4) is 17.6 Å². The van der Waals surface area contributed by atoms with E-state index in [1.807, 2.05) is 62.3 Å². The van der Waals surface area contributed by atoms with Crippen LogP contribution >= 0.6 is 64.8 Å². The van der Waals surface area contributed by atoms with E-state index in [1.165, 1.54) is 5.57 Å². The lowest BCUT2D eigenvalue weighted by molar-refractivity contribution is -0.153. The summed E-state index contributed by atoms with van der Waals surface area (Å²) in [5, 5.41) is 29.8. The van der Waals surface area contributed by atoms with Crippen molar-refractivity contribution in [2.45, 2.75) is 163 Å². The lowest BCUT2D eigenvalue weighted by Gasteiger charge is -2.42. The zero-order valence-electron chi connectivity index (χ0n) is 54.4. The average molecular weight is 1240 g/mol. The lowest BCUT2D eigenvalue weighted by atomic mass is 9.95. The molecule has 1 spiro atoms. The van der Waals surface area contributed by atoms with Gasteiger partial charge in [0.2, 0.25) is 40.7 Å². The number of anilines is 2. The van der Waals surface area contributed by atoms with Crippen LogP contribution in [0.15, 0.2) is 16.3 Å². The minimum atomic E-state index is -0.506. The summed E-state index contributed by atoms with van der Waals surface area (Å²) in [6.07, 6.45) is 9.41. The molecule has 3 aliphatic carbocycles. The number of aliphatic hydroxyl groups is 4. The molecule has 448 valence electrons. The molecule has 0 aromatic carbocycles. The summed E-state index contributed by atoms with van der Waals surface area (Å²) in [5.41, 5.74) is 7.29. The molecular formula is C53H89B3N9O10P3S3. The molecule has 6 N–H and O–H groups in total. The SMILES string of the molecule is [2H]B(P)S.[2H]B(P)S.[2H]B(P)S.[3H]OCCC[C@H]1CC(CCO)=C2Nc3c(C)nc(C)nc3O[C@H]21.[3H]OCCC[C@H]1C[C@@H]2CCO[C@@]23Nc2c(C)nc(C)nc2O[C@@H]13.[3H]OCCC[C@H]1C[C@H](CCOC(=O)C(C)(C)C)C2=Nc3c(C)nc(C)nc3O[C@H]21. The van der Waals surface area contributed by atoms with Gasteiger partial charge in [-0.1, -0.05) is 0 Å². The minimum absolute atomic E-state index is 0.0399. The fraction of sp³-hybridized carbons (Fsp3) is 0.698. The number of esters is 1. The Morgan fingerprint density at radius 1 is 0.753 bits per heavy atom. The molecule has 0 radical (unpaired) electrons. The first-order chi connectivity index (χ1) is 41.2. The highest BCUT2D eigenvalue weighted by molar-refractivity contribution is 8.20. The van der Waals surface area contributed by atoms with Gasteiger partial charge in [-0.15, -0.1) is 0 Å². The molecule has 12 atom stereocenters. The van der Waals surface area contributed by atoms with Gasteiger partial charge in [0, 0.05) is 56.0 Å². The third-order valence-corrected chi connectivity index (χ3v) is 15.1. The molecule has 19 nitrogen and oxygen atoms in total. The van der Waals surface area contributed by atoms with Crippen LogP contribution in [-0.2, 0) is 14.3 Å². The molecule has 0 amide bonds. The number of aryl methyl sites for hydroxylation is 6. The van der Waals surface area contributed by atoms with Crippen LogP contribution in [0.2, 0.25) is 0 Å². The lowest BCUT2D eigenvalue weighted by Crippen LogP contribution is -2.56. The normalized spacial score (nSPS) is 25.5. The predicted octanol–water partition coefficient (Wildman–Crippen LogP) is 6.98. The van der Waals surface area contributed by atoms with Gasteiger partial charge in [0.1, 0.15) is 46.7 Å². The molecule has 3 aromatic heterocycles. The van der Waals surface area contributed by atoms with E-state index in [2.05, 4.69) is 121 Å². The van der Waals surface area contributed by atoms with E-state index >= 15 is 0 Å². The number of fused-ring (bicyclic) bond motifs is 5. The summed E-state index contributed by atoms with van der Waals surface area (Å²) >= 11 is 10.8. The van der Waals surface area contributed by atoms with Crippen LogP contribution < -0.4 is 24.8 Å². The zero-order chi connectivity index (χ0) is 64.3. The molecule has 3 aromatic rings. The Bertz CT molecular complexity index is 2770. The van der Waals surface area contributed by atoms with Crippen LogP contribution in [0.4, 0.5) is 17.1 Å². The molecule has 3 unspecified atom stereocenters. The maximum absolute atomic E-state index is 12.1. The second-order valence-electron chi connectivity index (χ2n) is 21.9. The Balaban J connectivity index is 0.000000218. The Morgan fingerprint density at radius 3 is 1.89 bits per heavy atom. The van der Waals surface area contributed by atoms with Crippen molar-refractivity contribution in [1.82, 2.24) is 29.9 Å². The molecule has 3 fully saturated rings. The minimum Gasteiger partial charge on any atom is -0.467 e. The van der Waals surface area contributed by atoms with Gasteiger partial charge in [-0.3, -0.25) is 4.79 Å². The van der Waals surface area contributed by atoms with Gasteiger partial charge in [0.15, 0.2) is 11.8 Å². The largest absolute Gasteiger partial charge is 0.467 e. The number of aliphatic hydroxyl groups excluding tert-OH is 4. The van der Waals surface area contributed by atoms with E-state index in [4.69, 9.17) is 37.0 Å². The smallest absolute Gasteiger partial charge is 0.311 e. The van der Waals surface area contributed by atoms with Crippen LogP contribution in [0.1, 0.15) is 132 Å². The van der Waals surface area contributed by atoms with Crippen LogP contribution in [0.3, 0.4) is 0 Å². The van der Waals surface area contributed by atoms with Gasteiger partial charge in [-0.2, -0.15) is 42.3 Å². The number of nitrogens with one attached hydrogen (secondary N) is 2. The number of nitrogens with zero attached hydrogens (tertiary/aromatic N) is 7. The van der Waals surface area contributed by atoms with Gasteiger partial charge in [-0.25, -0.2) is 57.4 Å². The van der Waals surface area contributed by atoms with Crippen molar-refractivity contribution in [3.63, 3.8) is 0 Å². The topological polar surface area (TPSA) is 258 Å². The number of aliphatic imine (C=N–C) groups is 1. The van der Waals surface area contributed by atoms with Crippen molar-refractivity contribution >= 4 is 112 Å². The summed E-state index contributed by atoms with van der Waals surface area (Å²) in [6.45, 7) is 19.5. The highest BCUT2D eigenvalue weighted by atomic mass is 32.1. The Hall–Kier alpha value is -2.55. The molecule has 28 heteroatoms. The standard InChI is InChI=1S/C21H31N3O4.2C16H23N3O3.3BH4PS/c1-12-16-19(23-13(2)22-12)28-18-15(7-6-9-25)11-14(17(18)24-16)8-10-27-20(26)21(3,4)5;1-9-13-15(18-10(2)17-9)22-14-11(4-3-6-20)8-12-5-7-21-16(12,14)19-13;1-9-13-16(18-10(2)17-9)22-15-12(4-3-6-20)8-11(5-7-21)14(15)19-13;3*2-1-3/h14-15,18,25H,6-11H2,1-5H3;11-12,14,19-20H,3-8H2,1-2H3;12,15,19-21H,3-8H2,1-2H3;3*1,3H,2H2/t14-,15-,18-;11-,12-,14-,16-;12-,15-;;;/m000.../s1/i25T;2*20T;3*1D. The Kier molecular flexibility index (Phi) is 24.8. The summed E-state index contributed by atoms with van der Waals surface area (Å²) < 4.78 is 70.3. The molecule has 7 heterocycles. The van der Waals surface area contributed by atoms with E-state index in [9.17, 15) is 9.90 Å². The van der Waals surface area contributed by atoms with Gasteiger partial charge in [-0.05, 0) is 149 Å².